The molecule has 3 rings (SSSR count). The summed E-state index contributed by atoms with van der Waals surface area (Å²) in [4.78, 5) is 6.48. The average molecular weight is 399 g/mol. The molecule has 7 heteroatoms. The topological polar surface area (TPSA) is 67.6 Å². The average Bonchev–Trinajstić information content (AvgIpc) is 2.95. The van der Waals surface area contributed by atoms with Crippen molar-refractivity contribution in [3.63, 3.8) is 0 Å². The van der Waals surface area contributed by atoms with Crippen LogP contribution in [0.25, 0.3) is 0 Å². The first-order valence-electron chi connectivity index (χ1n) is 10.7. The zero-order chi connectivity index (χ0) is 20.5. The van der Waals surface area contributed by atoms with E-state index >= 15 is 0 Å². The zero-order valence-corrected chi connectivity index (χ0v) is 18.0. The molecule has 7 nitrogen and oxygen atoms in total. The Morgan fingerprint density at radius 2 is 2.03 bits per heavy atom. The van der Waals surface area contributed by atoms with E-state index in [2.05, 4.69) is 49.0 Å². The van der Waals surface area contributed by atoms with E-state index in [1.165, 1.54) is 24.8 Å². The van der Waals surface area contributed by atoms with E-state index in [1.807, 2.05) is 26.2 Å². The van der Waals surface area contributed by atoms with Gasteiger partial charge < -0.3 is 19.5 Å². The molecule has 158 valence electrons. The molecule has 2 aromatic rings. The lowest BCUT2D eigenvalue weighted by molar-refractivity contribution is 0.281. The van der Waals surface area contributed by atoms with Crippen molar-refractivity contribution in [3.8, 4) is 5.75 Å². The maximum atomic E-state index is 5.82. The molecule has 0 spiro atoms. The Labute approximate surface area is 174 Å². The van der Waals surface area contributed by atoms with Crippen LogP contribution in [0.1, 0.15) is 42.9 Å². The van der Waals surface area contributed by atoms with Crippen LogP contribution in [0, 0.1) is 6.92 Å². The molecule has 0 amide bonds. The van der Waals surface area contributed by atoms with E-state index in [9.17, 15) is 0 Å². The fraction of sp³-hybridized carbons (Fsp3) is 0.591. The fourth-order valence-electron chi connectivity index (χ4n) is 3.60. The molecule has 0 unspecified atom stereocenters. The molecule has 0 saturated carbocycles. The summed E-state index contributed by atoms with van der Waals surface area (Å²) in [6.45, 7) is 5.39. The smallest absolute Gasteiger partial charge is 0.193 e. The van der Waals surface area contributed by atoms with Gasteiger partial charge >= 0.3 is 0 Å². The third-order valence-electron chi connectivity index (χ3n) is 5.34. The Kier molecular flexibility index (Phi) is 7.90. The molecule has 0 radical (unpaired) electrons. The van der Waals surface area contributed by atoms with Crippen LogP contribution in [0.15, 0.2) is 29.3 Å². The summed E-state index contributed by atoms with van der Waals surface area (Å²) in [5.74, 6) is 4.07. The van der Waals surface area contributed by atoms with Crippen LogP contribution in [-0.4, -0.2) is 59.4 Å². The fourth-order valence-corrected chi connectivity index (χ4v) is 3.60. The molecule has 0 aliphatic carbocycles. The lowest BCUT2D eigenvalue weighted by atomic mass is 10.2. The predicted molar refractivity (Wildman–Crippen MR) is 117 cm³/mol. The molecular weight excluding hydrogens is 364 g/mol. The number of hydrogen-bond donors (Lipinski definition) is 1. The van der Waals surface area contributed by atoms with Crippen molar-refractivity contribution in [2.45, 2.75) is 52.0 Å². The molecule has 1 aromatic carbocycles. The minimum absolute atomic E-state index is 0.617. The number of benzene rings is 1. The molecule has 0 fully saturated rings. The van der Waals surface area contributed by atoms with E-state index < -0.39 is 0 Å². The standard InChI is InChI=1S/C22H34N6O/c1-18-10-12-19(13-11-18)29-17-16-27(3)22(23-2)24-14-7-9-21-26-25-20-8-5-4-6-15-28(20)21/h10-13H,4-9,14-17H2,1-3H3,(H,23,24). The van der Waals surface area contributed by atoms with Crippen molar-refractivity contribution in [2.75, 3.05) is 33.8 Å². The molecule has 29 heavy (non-hydrogen) atoms. The maximum absolute atomic E-state index is 5.82. The summed E-state index contributed by atoms with van der Waals surface area (Å²) in [5.41, 5.74) is 1.24. The van der Waals surface area contributed by atoms with E-state index in [0.29, 0.717) is 6.61 Å². The number of rotatable bonds is 8. The Morgan fingerprint density at radius 1 is 1.21 bits per heavy atom. The normalized spacial score (nSPS) is 14.2. The lowest BCUT2D eigenvalue weighted by Gasteiger charge is -2.22. The first-order valence-corrected chi connectivity index (χ1v) is 10.7. The molecule has 0 bridgehead atoms. The summed E-state index contributed by atoms with van der Waals surface area (Å²) in [5, 5.41) is 12.2. The number of guanidine groups is 1. The van der Waals surface area contributed by atoms with Crippen LogP contribution in [-0.2, 0) is 19.4 Å². The second-order valence-corrected chi connectivity index (χ2v) is 7.66. The number of ether oxygens (including phenoxy) is 1. The molecule has 1 N–H and O–H groups in total. The number of aryl methyl sites for hydroxylation is 3. The number of aliphatic imine (C=N–C) groups is 1. The van der Waals surface area contributed by atoms with Gasteiger partial charge in [-0.3, -0.25) is 4.99 Å². The van der Waals surface area contributed by atoms with Gasteiger partial charge in [-0.15, -0.1) is 10.2 Å². The molecule has 1 aliphatic rings. The quantitative estimate of drug-likeness (QED) is 0.421. The van der Waals surface area contributed by atoms with Gasteiger partial charge in [0.05, 0.1) is 6.54 Å². The van der Waals surface area contributed by atoms with E-state index in [1.54, 1.807) is 0 Å². The largest absolute Gasteiger partial charge is 0.492 e. The van der Waals surface area contributed by atoms with Gasteiger partial charge in [-0.2, -0.15) is 0 Å². The Bertz CT molecular complexity index is 783. The van der Waals surface area contributed by atoms with Crippen molar-refractivity contribution in [2.24, 2.45) is 4.99 Å². The van der Waals surface area contributed by atoms with Crippen LogP contribution in [0.5, 0.6) is 5.75 Å². The minimum Gasteiger partial charge on any atom is -0.492 e. The first kappa shape index (κ1) is 21.1. The van der Waals surface area contributed by atoms with E-state index in [4.69, 9.17) is 4.74 Å². The third kappa shape index (κ3) is 6.21. The number of hydrogen-bond acceptors (Lipinski definition) is 4. The second kappa shape index (κ2) is 10.8. The highest BCUT2D eigenvalue weighted by molar-refractivity contribution is 5.79. The summed E-state index contributed by atoms with van der Waals surface area (Å²) in [6, 6.07) is 8.14. The lowest BCUT2D eigenvalue weighted by Crippen LogP contribution is -2.41. The highest BCUT2D eigenvalue weighted by atomic mass is 16.5. The van der Waals surface area contributed by atoms with Crippen molar-refractivity contribution in [3.05, 3.63) is 41.5 Å². The molecule has 1 aromatic heterocycles. The van der Waals surface area contributed by atoms with Crippen LogP contribution in [0.2, 0.25) is 0 Å². The van der Waals surface area contributed by atoms with E-state index in [0.717, 1.165) is 62.3 Å². The molecule has 1 aliphatic heterocycles. The minimum atomic E-state index is 0.617. The van der Waals surface area contributed by atoms with Gasteiger partial charge in [-0.1, -0.05) is 24.1 Å². The highest BCUT2D eigenvalue weighted by Gasteiger charge is 2.14. The Hall–Kier alpha value is -2.57. The summed E-state index contributed by atoms with van der Waals surface area (Å²) < 4.78 is 8.15. The van der Waals surface area contributed by atoms with Gasteiger partial charge in [0.25, 0.3) is 0 Å². The zero-order valence-electron chi connectivity index (χ0n) is 18.0. The first-order chi connectivity index (χ1) is 14.2. The summed E-state index contributed by atoms with van der Waals surface area (Å²) >= 11 is 0. The van der Waals surface area contributed by atoms with Crippen molar-refractivity contribution in [1.82, 2.24) is 25.0 Å². The van der Waals surface area contributed by atoms with Gasteiger partial charge in [0.15, 0.2) is 5.96 Å². The molecule has 2 heterocycles. The van der Waals surface area contributed by atoms with E-state index in [-0.39, 0.29) is 0 Å². The maximum Gasteiger partial charge on any atom is 0.193 e. The van der Waals surface area contributed by atoms with Crippen LogP contribution in [0.4, 0.5) is 0 Å². The van der Waals surface area contributed by atoms with Crippen LogP contribution < -0.4 is 10.1 Å². The van der Waals surface area contributed by atoms with Crippen LogP contribution in [0.3, 0.4) is 0 Å². The van der Waals surface area contributed by atoms with Gasteiger partial charge in [0, 0.05) is 40.0 Å². The van der Waals surface area contributed by atoms with Gasteiger partial charge in [-0.05, 0) is 38.3 Å². The van der Waals surface area contributed by atoms with Gasteiger partial charge in [-0.25, -0.2) is 0 Å². The number of nitrogens with one attached hydrogen (secondary N) is 1. The van der Waals surface area contributed by atoms with Gasteiger partial charge in [0.1, 0.15) is 24.0 Å². The van der Waals surface area contributed by atoms with Crippen molar-refractivity contribution in [1.29, 1.82) is 0 Å². The number of fused-ring (bicyclic) bond motifs is 1. The number of likely N-dealkylation sites (N-methyl/N-ethyl adjacent to an activating group) is 1. The van der Waals surface area contributed by atoms with Gasteiger partial charge in [0.2, 0.25) is 0 Å². The van der Waals surface area contributed by atoms with Crippen LogP contribution >= 0.6 is 0 Å². The summed E-state index contributed by atoms with van der Waals surface area (Å²) in [7, 11) is 3.85. The predicted octanol–water partition coefficient (Wildman–Crippen LogP) is 2.83. The Morgan fingerprint density at radius 3 is 2.83 bits per heavy atom. The molecular formula is C22H34N6O. The third-order valence-corrected chi connectivity index (χ3v) is 5.34. The molecule has 0 atom stereocenters. The Balaban J connectivity index is 1.37. The van der Waals surface area contributed by atoms with Crippen molar-refractivity contribution < 1.29 is 4.74 Å². The highest BCUT2D eigenvalue weighted by Crippen LogP contribution is 2.15. The molecule has 0 saturated heterocycles. The number of nitrogens with zero attached hydrogens (tertiary/aromatic N) is 5. The van der Waals surface area contributed by atoms with Crippen molar-refractivity contribution >= 4 is 5.96 Å². The second-order valence-electron chi connectivity index (χ2n) is 7.66. The SMILES string of the molecule is CN=C(NCCCc1nnc2n1CCCCC2)N(C)CCOc1ccc(C)cc1. The number of aromatic nitrogens is 3. The monoisotopic (exact) mass is 398 g/mol. The summed E-state index contributed by atoms with van der Waals surface area (Å²) in [6.07, 6.45) is 6.77.